The van der Waals surface area contributed by atoms with Gasteiger partial charge in [-0.1, -0.05) is 13.8 Å². The van der Waals surface area contributed by atoms with Gasteiger partial charge < -0.3 is 14.6 Å². The molecule has 0 aliphatic rings. The lowest BCUT2D eigenvalue weighted by Gasteiger charge is -2.14. The second-order valence-electron chi connectivity index (χ2n) is 4.60. The molecule has 0 aliphatic carbocycles. The van der Waals surface area contributed by atoms with Crippen molar-refractivity contribution in [1.82, 2.24) is 0 Å². The van der Waals surface area contributed by atoms with Crippen LogP contribution in [0.25, 0.3) is 0 Å². The Morgan fingerprint density at radius 1 is 1.07 bits per heavy atom. The van der Waals surface area contributed by atoms with Crippen molar-refractivity contribution in [2.45, 2.75) is 52.7 Å². The topological polar surface area (TPSA) is 38.7 Å². The van der Waals surface area contributed by atoms with E-state index in [1.165, 1.54) is 6.42 Å². The summed E-state index contributed by atoms with van der Waals surface area (Å²) in [4.78, 5) is 0. The molecule has 3 heteroatoms. The summed E-state index contributed by atoms with van der Waals surface area (Å²) in [6.07, 6.45) is 2.00. The fraction of sp³-hybridized carbons (Fsp3) is 1.00. The minimum absolute atomic E-state index is 0.0682. The molecule has 92 valence electrons. The third-order valence-corrected chi connectivity index (χ3v) is 2.04. The maximum atomic E-state index is 9.01. The van der Waals surface area contributed by atoms with E-state index in [1.54, 1.807) is 6.92 Å². The first kappa shape index (κ1) is 14.9. The zero-order valence-electron chi connectivity index (χ0n) is 10.5. The van der Waals surface area contributed by atoms with Gasteiger partial charge in [-0.25, -0.2) is 0 Å². The highest BCUT2D eigenvalue weighted by Gasteiger charge is 2.04. The SMILES string of the molecule is CC(C)CCCOCC(C)OCC(C)O. The molecule has 0 saturated heterocycles. The summed E-state index contributed by atoms with van der Waals surface area (Å²) in [5.74, 6) is 0.748. The predicted octanol–water partition coefficient (Wildman–Crippen LogP) is 2.23. The number of rotatable bonds is 9. The lowest BCUT2D eigenvalue weighted by atomic mass is 10.1. The minimum atomic E-state index is -0.395. The van der Waals surface area contributed by atoms with Crippen LogP contribution in [0.3, 0.4) is 0 Å². The van der Waals surface area contributed by atoms with E-state index in [4.69, 9.17) is 14.6 Å². The molecule has 2 atom stereocenters. The molecule has 0 rings (SSSR count). The molecule has 15 heavy (non-hydrogen) atoms. The number of aliphatic hydroxyl groups is 1. The second-order valence-corrected chi connectivity index (χ2v) is 4.60. The monoisotopic (exact) mass is 218 g/mol. The predicted molar refractivity (Wildman–Crippen MR) is 62.0 cm³/mol. The minimum Gasteiger partial charge on any atom is -0.391 e. The first-order valence-corrected chi connectivity index (χ1v) is 5.89. The van der Waals surface area contributed by atoms with Crippen LogP contribution in [-0.2, 0) is 9.47 Å². The van der Waals surface area contributed by atoms with Crippen LogP contribution < -0.4 is 0 Å². The van der Waals surface area contributed by atoms with E-state index in [-0.39, 0.29) is 6.10 Å². The summed E-state index contributed by atoms with van der Waals surface area (Å²) in [7, 11) is 0. The molecule has 2 unspecified atom stereocenters. The van der Waals surface area contributed by atoms with E-state index < -0.39 is 6.10 Å². The summed E-state index contributed by atoms with van der Waals surface area (Å²) < 4.78 is 10.8. The molecular weight excluding hydrogens is 192 g/mol. The average molecular weight is 218 g/mol. The largest absolute Gasteiger partial charge is 0.391 e. The molecule has 0 bridgehead atoms. The third-order valence-electron chi connectivity index (χ3n) is 2.04. The summed E-state index contributed by atoms with van der Waals surface area (Å²) in [5, 5.41) is 9.01. The summed E-state index contributed by atoms with van der Waals surface area (Å²) in [6.45, 7) is 9.92. The van der Waals surface area contributed by atoms with Gasteiger partial charge in [-0.05, 0) is 32.6 Å². The zero-order valence-corrected chi connectivity index (χ0v) is 10.5. The molecule has 3 nitrogen and oxygen atoms in total. The average Bonchev–Trinajstić information content (AvgIpc) is 2.13. The molecule has 0 aromatic carbocycles. The Labute approximate surface area is 93.8 Å². The lowest BCUT2D eigenvalue weighted by molar-refractivity contribution is -0.0371. The highest BCUT2D eigenvalue weighted by molar-refractivity contribution is 4.51. The third kappa shape index (κ3) is 11.8. The van der Waals surface area contributed by atoms with E-state index >= 15 is 0 Å². The molecule has 0 aliphatic heterocycles. The quantitative estimate of drug-likeness (QED) is 0.603. The van der Waals surface area contributed by atoms with Crippen LogP contribution in [0.2, 0.25) is 0 Å². The first-order chi connectivity index (χ1) is 7.02. The highest BCUT2D eigenvalue weighted by Crippen LogP contribution is 2.03. The Balaban J connectivity index is 3.20. The number of hydrogen-bond donors (Lipinski definition) is 1. The van der Waals surface area contributed by atoms with E-state index in [0.29, 0.717) is 13.2 Å². The van der Waals surface area contributed by atoms with E-state index in [2.05, 4.69) is 13.8 Å². The molecule has 1 N–H and O–H groups in total. The molecule has 0 amide bonds. The maximum Gasteiger partial charge on any atom is 0.0781 e. The molecule has 0 fully saturated rings. The molecular formula is C12H26O3. The van der Waals surface area contributed by atoms with Crippen molar-refractivity contribution in [3.8, 4) is 0 Å². The van der Waals surface area contributed by atoms with Crippen molar-refractivity contribution in [3.05, 3.63) is 0 Å². The van der Waals surface area contributed by atoms with Gasteiger partial charge in [-0.15, -0.1) is 0 Å². The van der Waals surface area contributed by atoms with Gasteiger partial charge >= 0.3 is 0 Å². The zero-order chi connectivity index (χ0) is 11.7. The van der Waals surface area contributed by atoms with Crippen LogP contribution >= 0.6 is 0 Å². The summed E-state index contributed by atoms with van der Waals surface area (Å²) in [5.41, 5.74) is 0. The lowest BCUT2D eigenvalue weighted by Crippen LogP contribution is -2.21. The van der Waals surface area contributed by atoms with Crippen molar-refractivity contribution < 1.29 is 14.6 Å². The fourth-order valence-electron chi connectivity index (χ4n) is 1.19. The van der Waals surface area contributed by atoms with Gasteiger partial charge in [0, 0.05) is 6.61 Å². The summed E-state index contributed by atoms with van der Waals surface area (Å²) >= 11 is 0. The molecule has 0 heterocycles. The van der Waals surface area contributed by atoms with Gasteiger partial charge in [0.05, 0.1) is 25.4 Å². The maximum absolute atomic E-state index is 9.01. The Kier molecular flexibility index (Phi) is 9.06. The number of aliphatic hydroxyl groups excluding tert-OH is 1. The van der Waals surface area contributed by atoms with Crippen LogP contribution in [0.5, 0.6) is 0 Å². The summed E-state index contributed by atoms with van der Waals surface area (Å²) in [6, 6.07) is 0. The van der Waals surface area contributed by atoms with Crippen molar-refractivity contribution in [3.63, 3.8) is 0 Å². The fourth-order valence-corrected chi connectivity index (χ4v) is 1.19. The van der Waals surface area contributed by atoms with Crippen LogP contribution in [-0.4, -0.2) is 37.1 Å². The smallest absolute Gasteiger partial charge is 0.0781 e. The molecule has 0 aromatic rings. The molecule has 0 radical (unpaired) electrons. The first-order valence-electron chi connectivity index (χ1n) is 5.89. The van der Waals surface area contributed by atoms with Crippen molar-refractivity contribution >= 4 is 0 Å². The normalized spacial score (nSPS) is 15.6. The van der Waals surface area contributed by atoms with Gasteiger partial charge in [0.15, 0.2) is 0 Å². The van der Waals surface area contributed by atoms with Gasteiger partial charge in [0.1, 0.15) is 0 Å². The molecule has 0 aromatic heterocycles. The molecule has 0 spiro atoms. The second kappa shape index (κ2) is 9.13. The Morgan fingerprint density at radius 2 is 1.73 bits per heavy atom. The highest BCUT2D eigenvalue weighted by atomic mass is 16.5. The van der Waals surface area contributed by atoms with Crippen LogP contribution in [0.15, 0.2) is 0 Å². The van der Waals surface area contributed by atoms with Gasteiger partial charge in [-0.3, -0.25) is 0 Å². The molecule has 0 saturated carbocycles. The van der Waals surface area contributed by atoms with Crippen molar-refractivity contribution in [2.24, 2.45) is 5.92 Å². The van der Waals surface area contributed by atoms with Gasteiger partial charge in [0.2, 0.25) is 0 Å². The van der Waals surface area contributed by atoms with Crippen molar-refractivity contribution in [1.29, 1.82) is 0 Å². The van der Waals surface area contributed by atoms with Crippen LogP contribution in [0.1, 0.15) is 40.5 Å². The number of ether oxygens (including phenoxy) is 2. The van der Waals surface area contributed by atoms with Crippen LogP contribution in [0.4, 0.5) is 0 Å². The van der Waals surface area contributed by atoms with E-state index in [0.717, 1.165) is 18.9 Å². The standard InChI is InChI=1S/C12H26O3/c1-10(2)6-5-7-14-9-12(4)15-8-11(3)13/h10-13H,5-9H2,1-4H3. The van der Waals surface area contributed by atoms with Crippen molar-refractivity contribution in [2.75, 3.05) is 19.8 Å². The Hall–Kier alpha value is -0.120. The van der Waals surface area contributed by atoms with E-state index in [1.807, 2.05) is 6.92 Å². The number of hydrogen-bond acceptors (Lipinski definition) is 3. The Morgan fingerprint density at radius 3 is 2.27 bits per heavy atom. The van der Waals surface area contributed by atoms with Gasteiger partial charge in [0.25, 0.3) is 0 Å². The Bertz CT molecular complexity index is 135. The van der Waals surface area contributed by atoms with Crippen LogP contribution in [0, 0.1) is 5.92 Å². The van der Waals surface area contributed by atoms with Gasteiger partial charge in [-0.2, -0.15) is 0 Å². The van der Waals surface area contributed by atoms with E-state index in [9.17, 15) is 0 Å².